The molecular formula is C18H15N3O4S. The van der Waals surface area contributed by atoms with Crippen LogP contribution in [0.15, 0.2) is 70.7 Å². The average Bonchev–Trinajstić information content (AvgIpc) is 2.61. The number of sulfonamides is 1. The predicted molar refractivity (Wildman–Crippen MR) is 99.7 cm³/mol. The van der Waals surface area contributed by atoms with Crippen molar-refractivity contribution in [3.05, 3.63) is 81.9 Å². The molecule has 0 radical (unpaired) electrons. The van der Waals surface area contributed by atoms with Gasteiger partial charge in [-0.3, -0.25) is 10.1 Å². The van der Waals surface area contributed by atoms with E-state index in [1.165, 1.54) is 18.3 Å². The maximum absolute atomic E-state index is 12.3. The summed E-state index contributed by atoms with van der Waals surface area (Å²) >= 11 is 0. The molecule has 3 aromatic carbocycles. The van der Waals surface area contributed by atoms with E-state index in [1.54, 1.807) is 6.92 Å². The Kier molecular flexibility index (Phi) is 4.68. The highest BCUT2D eigenvalue weighted by Crippen LogP contribution is 2.22. The molecule has 0 heterocycles. The van der Waals surface area contributed by atoms with Crippen molar-refractivity contribution in [2.24, 2.45) is 5.10 Å². The molecule has 0 saturated carbocycles. The Labute approximate surface area is 150 Å². The minimum atomic E-state index is -4.01. The largest absolute Gasteiger partial charge is 0.276 e. The van der Waals surface area contributed by atoms with E-state index < -0.39 is 14.9 Å². The van der Waals surface area contributed by atoms with E-state index in [9.17, 15) is 18.5 Å². The molecule has 0 fully saturated rings. The summed E-state index contributed by atoms with van der Waals surface area (Å²) in [5.74, 6) is 0. The van der Waals surface area contributed by atoms with Gasteiger partial charge in [-0.25, -0.2) is 4.83 Å². The Bertz CT molecular complexity index is 1120. The summed E-state index contributed by atoms with van der Waals surface area (Å²) in [6.45, 7) is 1.54. The molecule has 0 saturated heterocycles. The van der Waals surface area contributed by atoms with Crippen LogP contribution < -0.4 is 4.83 Å². The number of fused-ring (bicyclic) bond motifs is 1. The fraction of sp³-hybridized carbons (Fsp3) is 0.0556. The number of hydrogen-bond donors (Lipinski definition) is 1. The van der Waals surface area contributed by atoms with Crippen molar-refractivity contribution in [1.82, 2.24) is 4.83 Å². The summed E-state index contributed by atoms with van der Waals surface area (Å²) in [5, 5.41) is 16.7. The highest BCUT2D eigenvalue weighted by atomic mass is 32.2. The number of hydrogen-bond acceptors (Lipinski definition) is 5. The Hall–Kier alpha value is -3.26. The fourth-order valence-electron chi connectivity index (χ4n) is 2.53. The van der Waals surface area contributed by atoms with Crippen LogP contribution in [0.3, 0.4) is 0 Å². The van der Waals surface area contributed by atoms with Gasteiger partial charge in [-0.05, 0) is 23.8 Å². The topological polar surface area (TPSA) is 102 Å². The van der Waals surface area contributed by atoms with Crippen LogP contribution in [0.5, 0.6) is 0 Å². The van der Waals surface area contributed by atoms with Gasteiger partial charge in [-0.2, -0.15) is 13.5 Å². The number of aryl methyl sites for hydroxylation is 1. The van der Waals surface area contributed by atoms with Gasteiger partial charge in [0.15, 0.2) is 0 Å². The van der Waals surface area contributed by atoms with Gasteiger partial charge in [-0.1, -0.05) is 48.5 Å². The lowest BCUT2D eigenvalue weighted by Gasteiger charge is -2.05. The molecule has 0 aliphatic heterocycles. The minimum absolute atomic E-state index is 0.218. The zero-order valence-electron chi connectivity index (χ0n) is 13.8. The minimum Gasteiger partial charge on any atom is -0.258 e. The molecular weight excluding hydrogens is 354 g/mol. The van der Waals surface area contributed by atoms with Crippen LogP contribution in [0.2, 0.25) is 0 Å². The summed E-state index contributed by atoms with van der Waals surface area (Å²) in [7, 11) is -4.01. The molecule has 0 atom stereocenters. The molecule has 132 valence electrons. The lowest BCUT2D eigenvalue weighted by atomic mass is 10.1. The van der Waals surface area contributed by atoms with Crippen molar-refractivity contribution >= 4 is 32.7 Å². The van der Waals surface area contributed by atoms with Gasteiger partial charge in [-0.15, -0.1) is 0 Å². The second kappa shape index (κ2) is 6.93. The van der Waals surface area contributed by atoms with E-state index in [0.717, 1.165) is 22.4 Å². The standard InChI is InChI=1S/C18H15N3O4S/c1-13-9-10-16(11-18(13)21(22)23)26(24,25)20-19-12-15-7-4-6-14-5-2-3-8-17(14)15/h2-12,20H,1H3/b19-12-. The van der Waals surface area contributed by atoms with Crippen LogP contribution in [-0.4, -0.2) is 19.6 Å². The lowest BCUT2D eigenvalue weighted by molar-refractivity contribution is -0.385. The lowest BCUT2D eigenvalue weighted by Crippen LogP contribution is -2.18. The third-order valence-electron chi connectivity index (χ3n) is 3.89. The van der Waals surface area contributed by atoms with Gasteiger partial charge in [0.2, 0.25) is 0 Å². The maximum Gasteiger partial charge on any atom is 0.276 e. The Morgan fingerprint density at radius 2 is 1.81 bits per heavy atom. The van der Waals surface area contributed by atoms with Gasteiger partial charge < -0.3 is 0 Å². The van der Waals surface area contributed by atoms with Crippen molar-refractivity contribution in [1.29, 1.82) is 0 Å². The first-order valence-corrected chi connectivity index (χ1v) is 9.14. The third-order valence-corrected chi connectivity index (χ3v) is 5.11. The Morgan fingerprint density at radius 3 is 2.58 bits per heavy atom. The molecule has 0 bridgehead atoms. The fourth-order valence-corrected chi connectivity index (χ4v) is 3.34. The summed E-state index contributed by atoms with van der Waals surface area (Å²) < 4.78 is 24.6. The summed E-state index contributed by atoms with van der Waals surface area (Å²) in [6, 6.07) is 17.0. The van der Waals surface area contributed by atoms with Gasteiger partial charge in [0.25, 0.3) is 15.7 Å². The molecule has 3 rings (SSSR count). The van der Waals surface area contributed by atoms with Gasteiger partial charge in [0, 0.05) is 17.2 Å². The van der Waals surface area contributed by atoms with Gasteiger partial charge >= 0.3 is 0 Å². The summed E-state index contributed by atoms with van der Waals surface area (Å²) in [6.07, 6.45) is 1.41. The molecule has 0 aliphatic rings. The zero-order valence-corrected chi connectivity index (χ0v) is 14.6. The number of nitrogens with one attached hydrogen (secondary N) is 1. The van der Waals surface area contributed by atoms with Crippen molar-refractivity contribution < 1.29 is 13.3 Å². The highest BCUT2D eigenvalue weighted by Gasteiger charge is 2.19. The van der Waals surface area contributed by atoms with Crippen LogP contribution in [0.1, 0.15) is 11.1 Å². The molecule has 8 heteroatoms. The monoisotopic (exact) mass is 369 g/mol. The third kappa shape index (κ3) is 3.55. The molecule has 0 aliphatic carbocycles. The first-order valence-electron chi connectivity index (χ1n) is 7.66. The number of nitrogens with zero attached hydrogens (tertiary/aromatic N) is 2. The number of hydrazone groups is 1. The highest BCUT2D eigenvalue weighted by molar-refractivity contribution is 7.89. The molecule has 0 unspecified atom stereocenters. The molecule has 3 aromatic rings. The van der Waals surface area contributed by atoms with E-state index in [4.69, 9.17) is 0 Å². The van der Waals surface area contributed by atoms with E-state index in [1.807, 2.05) is 42.5 Å². The van der Waals surface area contributed by atoms with Gasteiger partial charge in [0.1, 0.15) is 0 Å². The van der Waals surface area contributed by atoms with E-state index >= 15 is 0 Å². The quantitative estimate of drug-likeness (QED) is 0.423. The number of nitro groups is 1. The molecule has 0 aromatic heterocycles. The molecule has 26 heavy (non-hydrogen) atoms. The van der Waals surface area contributed by atoms with Crippen LogP contribution in [0.25, 0.3) is 10.8 Å². The molecule has 0 spiro atoms. The van der Waals surface area contributed by atoms with Crippen molar-refractivity contribution in [2.75, 3.05) is 0 Å². The van der Waals surface area contributed by atoms with Crippen molar-refractivity contribution in [3.63, 3.8) is 0 Å². The SMILES string of the molecule is Cc1ccc(S(=O)(=O)N/N=C\c2cccc3ccccc23)cc1[N+](=O)[O-]. The van der Waals surface area contributed by atoms with Crippen LogP contribution in [0.4, 0.5) is 5.69 Å². The van der Waals surface area contributed by atoms with Crippen LogP contribution in [0, 0.1) is 17.0 Å². The second-order valence-electron chi connectivity index (χ2n) is 5.63. The molecule has 0 amide bonds. The average molecular weight is 369 g/mol. The number of rotatable bonds is 5. The zero-order chi connectivity index (χ0) is 18.7. The summed E-state index contributed by atoms with van der Waals surface area (Å²) in [4.78, 5) is 12.2. The van der Waals surface area contributed by atoms with Crippen molar-refractivity contribution in [2.45, 2.75) is 11.8 Å². The van der Waals surface area contributed by atoms with Gasteiger partial charge in [0.05, 0.1) is 16.0 Å². The van der Waals surface area contributed by atoms with E-state index in [-0.39, 0.29) is 10.6 Å². The van der Waals surface area contributed by atoms with Crippen LogP contribution in [-0.2, 0) is 10.0 Å². The summed E-state index contributed by atoms with van der Waals surface area (Å²) in [5.41, 5.74) is 0.875. The molecule has 7 nitrogen and oxygen atoms in total. The number of nitro benzene ring substituents is 1. The van der Waals surface area contributed by atoms with Crippen LogP contribution >= 0.6 is 0 Å². The molecule has 1 N–H and O–H groups in total. The normalized spacial score (nSPS) is 11.7. The van der Waals surface area contributed by atoms with E-state index in [2.05, 4.69) is 9.93 Å². The number of benzene rings is 3. The van der Waals surface area contributed by atoms with E-state index in [0.29, 0.717) is 5.56 Å². The Balaban J connectivity index is 1.87. The Morgan fingerprint density at radius 1 is 1.08 bits per heavy atom. The first-order chi connectivity index (χ1) is 12.4. The first kappa shape index (κ1) is 17.6. The second-order valence-corrected chi connectivity index (χ2v) is 7.29. The maximum atomic E-state index is 12.3. The van der Waals surface area contributed by atoms with Crippen molar-refractivity contribution in [3.8, 4) is 0 Å². The smallest absolute Gasteiger partial charge is 0.258 e. The predicted octanol–water partition coefficient (Wildman–Crippen LogP) is 3.37.